The molecule has 1 atom stereocenters. The Labute approximate surface area is 152 Å². The maximum absolute atomic E-state index is 13.6. The van der Waals surface area contributed by atoms with Gasteiger partial charge in [0.05, 0.1) is 24.3 Å². The van der Waals surface area contributed by atoms with Crippen molar-refractivity contribution in [2.75, 3.05) is 20.2 Å². The molecule has 10 heteroatoms. The summed E-state index contributed by atoms with van der Waals surface area (Å²) < 4.78 is 57.6. The van der Waals surface area contributed by atoms with Crippen molar-refractivity contribution >= 4 is 12.2 Å². The normalized spacial score (nSPS) is 20.6. The van der Waals surface area contributed by atoms with Crippen molar-refractivity contribution < 1.29 is 37.0 Å². The molecule has 148 valence electrons. The molecule has 2 fully saturated rings. The second kappa shape index (κ2) is 6.58. The van der Waals surface area contributed by atoms with Gasteiger partial charge in [-0.25, -0.2) is 14.0 Å². The molecule has 0 bridgehead atoms. The Morgan fingerprint density at radius 2 is 2.04 bits per heavy atom. The van der Waals surface area contributed by atoms with E-state index in [9.17, 15) is 27.2 Å². The molecule has 1 N–H and O–H groups in total. The molecule has 0 unspecified atom stereocenters. The monoisotopic (exact) mass is 390 g/mol. The number of nitrogens with zero attached hydrogens (tertiary/aromatic N) is 2. The predicted octanol–water partition coefficient (Wildman–Crippen LogP) is 3.65. The number of ether oxygens (including phenoxy) is 1. The van der Waals surface area contributed by atoms with Crippen LogP contribution in [0.15, 0.2) is 18.2 Å². The van der Waals surface area contributed by atoms with Crippen molar-refractivity contribution in [3.63, 3.8) is 0 Å². The molecule has 2 amide bonds. The van der Waals surface area contributed by atoms with Gasteiger partial charge >= 0.3 is 18.4 Å². The molecule has 3 rings (SSSR count). The van der Waals surface area contributed by atoms with Crippen LogP contribution in [0.5, 0.6) is 0 Å². The zero-order chi connectivity index (χ0) is 20.0. The Morgan fingerprint density at radius 1 is 1.37 bits per heavy atom. The van der Waals surface area contributed by atoms with Gasteiger partial charge in [0.2, 0.25) is 0 Å². The van der Waals surface area contributed by atoms with E-state index in [1.807, 2.05) is 0 Å². The van der Waals surface area contributed by atoms with Crippen LogP contribution in [0.3, 0.4) is 0 Å². The van der Waals surface area contributed by atoms with Crippen LogP contribution in [0.4, 0.5) is 27.2 Å². The van der Waals surface area contributed by atoms with E-state index in [2.05, 4.69) is 0 Å². The number of methoxy groups -OCH3 is 1. The lowest BCUT2D eigenvalue weighted by Crippen LogP contribution is -2.58. The van der Waals surface area contributed by atoms with Crippen LogP contribution in [0.2, 0.25) is 0 Å². The maximum atomic E-state index is 13.6. The molecule has 1 aliphatic carbocycles. The Balaban J connectivity index is 1.93. The fraction of sp³-hybridized carbons (Fsp3) is 0.529. The van der Waals surface area contributed by atoms with Crippen molar-refractivity contribution in [1.82, 2.24) is 9.80 Å². The van der Waals surface area contributed by atoms with Crippen molar-refractivity contribution in [2.45, 2.75) is 37.0 Å². The summed E-state index contributed by atoms with van der Waals surface area (Å²) in [4.78, 5) is 25.9. The fourth-order valence-corrected chi connectivity index (χ4v) is 3.49. The van der Waals surface area contributed by atoms with E-state index in [-0.39, 0.29) is 12.1 Å². The molecule has 1 heterocycles. The van der Waals surface area contributed by atoms with Crippen LogP contribution >= 0.6 is 0 Å². The van der Waals surface area contributed by atoms with Gasteiger partial charge in [0.15, 0.2) is 0 Å². The van der Waals surface area contributed by atoms with Crippen molar-refractivity contribution in [1.29, 1.82) is 0 Å². The zero-order valence-electron chi connectivity index (χ0n) is 14.4. The van der Waals surface area contributed by atoms with Gasteiger partial charge in [-0.2, -0.15) is 13.2 Å². The lowest BCUT2D eigenvalue weighted by Gasteiger charge is -2.43. The third-order valence-corrected chi connectivity index (χ3v) is 5.23. The highest BCUT2D eigenvalue weighted by atomic mass is 19.4. The average Bonchev–Trinajstić information content (AvgIpc) is 3.34. The van der Waals surface area contributed by atoms with Gasteiger partial charge in [-0.1, -0.05) is 6.07 Å². The molecule has 1 aliphatic heterocycles. The number of alkyl halides is 3. The highest BCUT2D eigenvalue weighted by Crippen LogP contribution is 2.52. The molecule has 1 saturated heterocycles. The average molecular weight is 390 g/mol. The third kappa shape index (κ3) is 3.40. The number of rotatable bonds is 4. The maximum Gasteiger partial charge on any atom is 0.419 e. The largest absolute Gasteiger partial charge is 0.465 e. The Kier molecular flexibility index (Phi) is 4.69. The number of hydrogen-bond acceptors (Lipinski definition) is 3. The van der Waals surface area contributed by atoms with Crippen molar-refractivity contribution in [3.05, 3.63) is 35.1 Å². The Hall–Kier alpha value is -2.52. The summed E-state index contributed by atoms with van der Waals surface area (Å²) in [7, 11) is 1.15. The molecule has 1 aromatic carbocycles. The Morgan fingerprint density at radius 3 is 2.48 bits per heavy atom. The van der Waals surface area contributed by atoms with Crippen LogP contribution in [0.25, 0.3) is 0 Å². The van der Waals surface area contributed by atoms with E-state index in [0.29, 0.717) is 31.9 Å². The van der Waals surface area contributed by atoms with Gasteiger partial charge in [0.1, 0.15) is 5.82 Å². The van der Waals surface area contributed by atoms with E-state index >= 15 is 0 Å². The van der Waals surface area contributed by atoms with Crippen LogP contribution in [0, 0.1) is 5.82 Å². The quantitative estimate of drug-likeness (QED) is 0.797. The van der Waals surface area contributed by atoms with E-state index < -0.39 is 41.3 Å². The van der Waals surface area contributed by atoms with Gasteiger partial charge in [-0.15, -0.1) is 0 Å². The minimum atomic E-state index is -4.86. The van der Waals surface area contributed by atoms with Gasteiger partial charge in [0.25, 0.3) is 0 Å². The van der Waals surface area contributed by atoms with Crippen LogP contribution in [0.1, 0.15) is 30.4 Å². The zero-order valence-corrected chi connectivity index (χ0v) is 14.4. The highest BCUT2D eigenvalue weighted by Gasteiger charge is 2.54. The number of hydrogen-bond donors (Lipinski definition) is 1. The first-order chi connectivity index (χ1) is 12.6. The number of halogens is 4. The second-order valence-corrected chi connectivity index (χ2v) is 6.72. The van der Waals surface area contributed by atoms with Crippen molar-refractivity contribution in [2.24, 2.45) is 0 Å². The number of amides is 2. The second-order valence-electron chi connectivity index (χ2n) is 6.72. The number of benzene rings is 1. The van der Waals surface area contributed by atoms with Crippen molar-refractivity contribution in [3.8, 4) is 0 Å². The number of carbonyl (C=O) groups excluding carboxylic acids is 1. The molecule has 0 spiro atoms. The van der Waals surface area contributed by atoms with Gasteiger partial charge in [0, 0.05) is 13.1 Å². The minimum absolute atomic E-state index is 0.00228. The number of carboxylic acid groups (broad SMARTS) is 1. The standard InChI is InChI=1S/C17H18F4N2O4/c1-27-15(26)23(9-11-4-7-22(11)14(24)25)16(5-6-16)10-2-3-13(18)12(8-10)17(19,20)21/h2-3,8,11H,4-7,9H2,1H3,(H,24,25)/t11-/m0/s1. The number of carbonyl (C=O) groups is 2. The first kappa shape index (κ1) is 19.2. The SMILES string of the molecule is COC(=O)N(C[C@@H]1CCN1C(=O)O)C1(c2ccc(F)c(C(F)(F)F)c2)CC1. The summed E-state index contributed by atoms with van der Waals surface area (Å²) >= 11 is 0. The van der Waals surface area contributed by atoms with Crippen LogP contribution in [-0.2, 0) is 16.5 Å². The van der Waals surface area contributed by atoms with Gasteiger partial charge in [-0.05, 0) is 37.0 Å². The summed E-state index contributed by atoms with van der Waals surface area (Å²) in [5, 5.41) is 9.13. The summed E-state index contributed by atoms with van der Waals surface area (Å²) in [6, 6.07) is 2.22. The lowest BCUT2D eigenvalue weighted by molar-refractivity contribution is -0.140. The molecule has 0 radical (unpaired) electrons. The molecule has 1 saturated carbocycles. The van der Waals surface area contributed by atoms with Gasteiger partial charge in [-0.3, -0.25) is 4.90 Å². The van der Waals surface area contributed by atoms with Crippen LogP contribution in [-0.4, -0.2) is 53.3 Å². The van der Waals surface area contributed by atoms with E-state index in [1.54, 1.807) is 0 Å². The fourth-order valence-electron chi connectivity index (χ4n) is 3.49. The van der Waals surface area contributed by atoms with Gasteiger partial charge < -0.3 is 14.7 Å². The predicted molar refractivity (Wildman–Crippen MR) is 84.6 cm³/mol. The summed E-state index contributed by atoms with van der Waals surface area (Å²) in [5.74, 6) is -1.39. The smallest absolute Gasteiger partial charge is 0.419 e. The molecular formula is C17H18F4N2O4. The van der Waals surface area contributed by atoms with Crippen LogP contribution < -0.4 is 0 Å². The lowest BCUT2D eigenvalue weighted by atomic mass is 9.97. The first-order valence-electron chi connectivity index (χ1n) is 8.32. The Bertz CT molecular complexity index is 764. The molecule has 2 aliphatic rings. The highest BCUT2D eigenvalue weighted by molar-refractivity contribution is 5.71. The summed E-state index contributed by atoms with van der Waals surface area (Å²) in [6.45, 7) is 0.328. The summed E-state index contributed by atoms with van der Waals surface area (Å²) in [5.41, 5.74) is -2.30. The molecular weight excluding hydrogens is 372 g/mol. The third-order valence-electron chi connectivity index (χ3n) is 5.23. The van der Waals surface area contributed by atoms with E-state index in [0.717, 1.165) is 18.1 Å². The van der Waals surface area contributed by atoms with E-state index in [4.69, 9.17) is 9.84 Å². The summed E-state index contributed by atoms with van der Waals surface area (Å²) in [6.07, 6.45) is -5.45. The molecule has 0 aromatic heterocycles. The number of likely N-dealkylation sites (tertiary alicyclic amines) is 1. The molecule has 1 aromatic rings. The molecule has 6 nitrogen and oxygen atoms in total. The topological polar surface area (TPSA) is 70.1 Å². The van der Waals surface area contributed by atoms with E-state index in [1.165, 1.54) is 11.0 Å². The minimum Gasteiger partial charge on any atom is -0.465 e. The first-order valence-corrected chi connectivity index (χ1v) is 8.32. The molecule has 27 heavy (non-hydrogen) atoms.